The van der Waals surface area contributed by atoms with Crippen molar-refractivity contribution in [3.63, 3.8) is 0 Å². The highest BCUT2D eigenvalue weighted by atomic mass is 19.1. The van der Waals surface area contributed by atoms with E-state index in [1.54, 1.807) is 24.3 Å². The minimum absolute atomic E-state index is 0.0643. The number of hydrogen-bond acceptors (Lipinski definition) is 3. The molecule has 2 aromatic carbocycles. The number of amides is 1. The first-order chi connectivity index (χ1) is 12.0. The van der Waals surface area contributed by atoms with Gasteiger partial charge < -0.3 is 15.2 Å². The van der Waals surface area contributed by atoms with Crippen molar-refractivity contribution in [3.05, 3.63) is 71.8 Å². The predicted molar refractivity (Wildman–Crippen MR) is 88.5 cm³/mol. The van der Waals surface area contributed by atoms with Crippen molar-refractivity contribution in [3.8, 4) is 11.5 Å². The lowest BCUT2D eigenvalue weighted by atomic mass is 10.1. The second-order valence-electron chi connectivity index (χ2n) is 5.84. The van der Waals surface area contributed by atoms with Gasteiger partial charge in [0.1, 0.15) is 11.6 Å². The SMILES string of the molecule is O=C(N[C@@H]1C=C[C@H](CO)C1)c1ccc(Oc2ccc(F)cc2F)cc1. The number of benzene rings is 2. The van der Waals surface area contributed by atoms with Gasteiger partial charge >= 0.3 is 0 Å². The molecule has 2 N–H and O–H groups in total. The summed E-state index contributed by atoms with van der Waals surface area (Å²) in [4.78, 5) is 12.2. The maximum absolute atomic E-state index is 13.6. The Hall–Kier alpha value is -2.73. The zero-order valence-corrected chi connectivity index (χ0v) is 13.3. The van der Waals surface area contributed by atoms with Crippen molar-refractivity contribution >= 4 is 5.91 Å². The molecular weight excluding hydrogens is 328 g/mol. The molecule has 0 radical (unpaired) electrons. The monoisotopic (exact) mass is 345 g/mol. The maximum Gasteiger partial charge on any atom is 0.251 e. The molecule has 0 aromatic heterocycles. The highest BCUT2D eigenvalue weighted by molar-refractivity contribution is 5.94. The summed E-state index contributed by atoms with van der Waals surface area (Å²) in [7, 11) is 0. The molecule has 0 fully saturated rings. The van der Waals surface area contributed by atoms with Crippen LogP contribution in [-0.2, 0) is 0 Å². The Morgan fingerprint density at radius 1 is 1.16 bits per heavy atom. The fourth-order valence-corrected chi connectivity index (χ4v) is 2.63. The largest absolute Gasteiger partial charge is 0.454 e. The van der Waals surface area contributed by atoms with E-state index in [0.717, 1.165) is 12.1 Å². The van der Waals surface area contributed by atoms with Gasteiger partial charge in [-0.15, -0.1) is 0 Å². The van der Waals surface area contributed by atoms with Gasteiger partial charge in [-0.05, 0) is 42.8 Å². The van der Waals surface area contributed by atoms with Crippen LogP contribution in [0.5, 0.6) is 11.5 Å². The smallest absolute Gasteiger partial charge is 0.251 e. The molecule has 0 saturated carbocycles. The number of nitrogens with one attached hydrogen (secondary N) is 1. The van der Waals surface area contributed by atoms with Gasteiger partial charge in [0.25, 0.3) is 5.91 Å². The van der Waals surface area contributed by atoms with Crippen LogP contribution in [0.3, 0.4) is 0 Å². The third kappa shape index (κ3) is 4.22. The standard InChI is InChI=1S/C19H17F2NO3/c20-14-4-8-18(17(21)10-14)25-16-6-2-13(3-7-16)19(24)22-15-5-1-12(9-15)11-23/h1-8,10,12,15,23H,9,11H2,(H,22,24)/t12-,15+/m0/s1. The van der Waals surface area contributed by atoms with Gasteiger partial charge in [0, 0.05) is 30.2 Å². The molecule has 0 heterocycles. The molecular formula is C19H17F2NO3. The minimum Gasteiger partial charge on any atom is -0.454 e. The molecule has 4 nitrogen and oxygen atoms in total. The first kappa shape index (κ1) is 17.1. The van der Waals surface area contributed by atoms with Gasteiger partial charge in [0.15, 0.2) is 11.6 Å². The number of ether oxygens (including phenoxy) is 1. The van der Waals surface area contributed by atoms with E-state index in [1.807, 2.05) is 12.2 Å². The van der Waals surface area contributed by atoms with Crippen LogP contribution >= 0.6 is 0 Å². The fraction of sp³-hybridized carbons (Fsp3) is 0.211. The van der Waals surface area contributed by atoms with E-state index in [4.69, 9.17) is 9.84 Å². The first-order valence-corrected chi connectivity index (χ1v) is 7.88. The Balaban J connectivity index is 1.62. The Morgan fingerprint density at radius 3 is 2.56 bits per heavy atom. The summed E-state index contributed by atoms with van der Waals surface area (Å²) in [6.07, 6.45) is 4.43. The molecule has 0 spiro atoms. The lowest BCUT2D eigenvalue weighted by Crippen LogP contribution is -2.32. The average molecular weight is 345 g/mol. The van der Waals surface area contributed by atoms with Crippen LogP contribution in [0.4, 0.5) is 8.78 Å². The van der Waals surface area contributed by atoms with E-state index in [2.05, 4.69) is 5.32 Å². The number of halogens is 2. The lowest BCUT2D eigenvalue weighted by molar-refractivity contribution is 0.0941. The van der Waals surface area contributed by atoms with Gasteiger partial charge in [-0.3, -0.25) is 4.79 Å². The quantitative estimate of drug-likeness (QED) is 0.817. The molecule has 1 aliphatic carbocycles. The first-order valence-electron chi connectivity index (χ1n) is 7.88. The number of aliphatic hydroxyl groups is 1. The Labute approximate surface area is 143 Å². The minimum atomic E-state index is -0.798. The third-order valence-corrected chi connectivity index (χ3v) is 3.96. The van der Waals surface area contributed by atoms with Crippen LogP contribution < -0.4 is 10.1 Å². The molecule has 0 bridgehead atoms. The molecule has 0 saturated heterocycles. The predicted octanol–water partition coefficient (Wildman–Crippen LogP) is 3.42. The summed E-state index contributed by atoms with van der Waals surface area (Å²) < 4.78 is 31.8. The molecule has 130 valence electrons. The van der Waals surface area contributed by atoms with Crippen molar-refractivity contribution in [1.29, 1.82) is 0 Å². The molecule has 2 atom stereocenters. The normalized spacial score (nSPS) is 19.0. The summed E-state index contributed by atoms with van der Waals surface area (Å²) in [5.74, 6) is -1.40. The van der Waals surface area contributed by atoms with E-state index >= 15 is 0 Å². The van der Waals surface area contributed by atoms with Crippen molar-refractivity contribution in [1.82, 2.24) is 5.32 Å². The molecule has 25 heavy (non-hydrogen) atoms. The van der Waals surface area contributed by atoms with Gasteiger partial charge in [-0.25, -0.2) is 8.78 Å². The van der Waals surface area contributed by atoms with Crippen molar-refractivity contribution in [2.24, 2.45) is 5.92 Å². The number of aliphatic hydroxyl groups excluding tert-OH is 1. The molecule has 1 aliphatic rings. The highest BCUT2D eigenvalue weighted by Crippen LogP contribution is 2.25. The summed E-state index contributed by atoms with van der Waals surface area (Å²) in [5.41, 5.74) is 0.438. The Bertz CT molecular complexity index is 790. The van der Waals surface area contributed by atoms with Crippen LogP contribution in [0, 0.1) is 17.6 Å². The second-order valence-corrected chi connectivity index (χ2v) is 5.84. The molecule has 0 aliphatic heterocycles. The Morgan fingerprint density at radius 2 is 1.92 bits per heavy atom. The Kier molecular flexibility index (Phi) is 5.09. The van der Waals surface area contributed by atoms with E-state index < -0.39 is 11.6 Å². The lowest BCUT2D eigenvalue weighted by Gasteiger charge is -2.13. The zero-order chi connectivity index (χ0) is 17.8. The van der Waals surface area contributed by atoms with Crippen LogP contribution in [0.2, 0.25) is 0 Å². The maximum atomic E-state index is 13.6. The van der Waals surface area contributed by atoms with Gasteiger partial charge in [-0.1, -0.05) is 12.2 Å². The molecule has 1 amide bonds. The van der Waals surface area contributed by atoms with Crippen LogP contribution in [0.15, 0.2) is 54.6 Å². The van der Waals surface area contributed by atoms with Gasteiger partial charge in [-0.2, -0.15) is 0 Å². The van der Waals surface area contributed by atoms with Crippen LogP contribution in [0.1, 0.15) is 16.8 Å². The highest BCUT2D eigenvalue weighted by Gasteiger charge is 2.20. The third-order valence-electron chi connectivity index (χ3n) is 3.96. The van der Waals surface area contributed by atoms with Crippen molar-refractivity contribution < 1.29 is 23.4 Å². The molecule has 3 rings (SSSR count). The van der Waals surface area contributed by atoms with E-state index in [0.29, 0.717) is 17.7 Å². The summed E-state index contributed by atoms with van der Waals surface area (Å²) >= 11 is 0. The van der Waals surface area contributed by atoms with E-state index in [1.165, 1.54) is 6.07 Å². The molecule has 0 unspecified atom stereocenters. The number of rotatable bonds is 5. The van der Waals surface area contributed by atoms with Gasteiger partial charge in [0.2, 0.25) is 0 Å². The summed E-state index contributed by atoms with van der Waals surface area (Å²) in [5, 5.41) is 12.0. The number of carbonyl (C=O) groups is 1. The summed E-state index contributed by atoms with van der Waals surface area (Å²) in [6, 6.07) is 9.16. The topological polar surface area (TPSA) is 58.6 Å². The second kappa shape index (κ2) is 7.44. The van der Waals surface area contributed by atoms with E-state index in [9.17, 15) is 13.6 Å². The molecule has 6 heteroatoms. The van der Waals surface area contributed by atoms with Crippen LogP contribution in [0.25, 0.3) is 0 Å². The summed E-state index contributed by atoms with van der Waals surface area (Å²) in [6.45, 7) is 0.0643. The van der Waals surface area contributed by atoms with Crippen molar-refractivity contribution in [2.75, 3.05) is 6.61 Å². The van der Waals surface area contributed by atoms with Gasteiger partial charge in [0.05, 0.1) is 0 Å². The van der Waals surface area contributed by atoms with Crippen LogP contribution in [-0.4, -0.2) is 23.7 Å². The number of hydrogen-bond donors (Lipinski definition) is 2. The zero-order valence-electron chi connectivity index (χ0n) is 13.3. The number of carbonyl (C=O) groups excluding carboxylic acids is 1. The van der Waals surface area contributed by atoms with E-state index in [-0.39, 0.29) is 30.2 Å². The molecule has 2 aromatic rings. The fourth-order valence-electron chi connectivity index (χ4n) is 2.63. The average Bonchev–Trinajstić information content (AvgIpc) is 3.05. The van der Waals surface area contributed by atoms with Crippen molar-refractivity contribution in [2.45, 2.75) is 12.5 Å².